The van der Waals surface area contributed by atoms with Gasteiger partial charge in [-0.3, -0.25) is 9.59 Å². The standard InChI is InChI=1S/C18H16BrFN2O2/c19-14-7-13(8-15(20)9-14)18(24)22(16-5-6-16)10-11-1-3-12(4-2-11)17(21)23/h1-4,7-9,16H,5-6,10H2,(H2,21,23). The molecule has 4 nitrogen and oxygen atoms in total. The molecule has 0 aromatic heterocycles. The molecule has 2 N–H and O–H groups in total. The van der Waals surface area contributed by atoms with Crippen LogP contribution >= 0.6 is 15.9 Å². The Labute approximate surface area is 147 Å². The van der Waals surface area contributed by atoms with Crippen LogP contribution in [0.2, 0.25) is 0 Å². The first kappa shape index (κ1) is 16.6. The van der Waals surface area contributed by atoms with Crippen LogP contribution in [0.3, 0.4) is 0 Å². The summed E-state index contributed by atoms with van der Waals surface area (Å²) in [6.07, 6.45) is 1.89. The maximum absolute atomic E-state index is 13.6. The summed E-state index contributed by atoms with van der Waals surface area (Å²) in [6, 6.07) is 11.2. The fraction of sp³-hybridized carbons (Fsp3) is 0.222. The zero-order valence-electron chi connectivity index (χ0n) is 12.8. The molecule has 0 radical (unpaired) electrons. The molecule has 0 spiro atoms. The van der Waals surface area contributed by atoms with Gasteiger partial charge in [0.25, 0.3) is 5.91 Å². The SMILES string of the molecule is NC(=O)c1ccc(CN(C(=O)c2cc(F)cc(Br)c2)C2CC2)cc1. The molecule has 0 saturated heterocycles. The van der Waals surface area contributed by atoms with Crippen molar-refractivity contribution in [2.24, 2.45) is 5.73 Å². The number of nitrogens with two attached hydrogens (primary N) is 1. The van der Waals surface area contributed by atoms with E-state index in [9.17, 15) is 14.0 Å². The first-order valence-corrected chi connectivity index (χ1v) is 8.39. The largest absolute Gasteiger partial charge is 0.366 e. The first-order valence-electron chi connectivity index (χ1n) is 7.60. The quantitative estimate of drug-likeness (QED) is 0.848. The van der Waals surface area contributed by atoms with Crippen molar-refractivity contribution in [3.8, 4) is 0 Å². The van der Waals surface area contributed by atoms with Crippen LogP contribution in [0, 0.1) is 5.82 Å². The number of hydrogen-bond donors (Lipinski definition) is 1. The summed E-state index contributed by atoms with van der Waals surface area (Å²) in [4.78, 5) is 25.7. The number of benzene rings is 2. The summed E-state index contributed by atoms with van der Waals surface area (Å²) < 4.78 is 14.1. The minimum atomic E-state index is -0.485. The lowest BCUT2D eigenvalue weighted by atomic mass is 10.1. The van der Waals surface area contributed by atoms with E-state index >= 15 is 0 Å². The predicted octanol–water partition coefficient (Wildman–Crippen LogP) is 3.49. The number of carbonyl (C=O) groups is 2. The van der Waals surface area contributed by atoms with Gasteiger partial charge in [0.2, 0.25) is 5.91 Å². The highest BCUT2D eigenvalue weighted by Gasteiger charge is 2.33. The smallest absolute Gasteiger partial charge is 0.254 e. The van der Waals surface area contributed by atoms with Crippen molar-refractivity contribution < 1.29 is 14.0 Å². The normalized spacial score (nSPS) is 13.6. The van der Waals surface area contributed by atoms with Crippen molar-refractivity contribution in [2.45, 2.75) is 25.4 Å². The number of carbonyl (C=O) groups excluding carboxylic acids is 2. The Morgan fingerprint density at radius 2 is 1.79 bits per heavy atom. The number of nitrogens with zero attached hydrogens (tertiary/aromatic N) is 1. The molecular formula is C18H16BrFN2O2. The summed E-state index contributed by atoms with van der Waals surface area (Å²) in [5.74, 6) is -1.13. The van der Waals surface area contributed by atoms with Gasteiger partial charge >= 0.3 is 0 Å². The van der Waals surface area contributed by atoms with Gasteiger partial charge in [-0.15, -0.1) is 0 Å². The third kappa shape index (κ3) is 3.82. The second-order valence-electron chi connectivity index (χ2n) is 5.88. The maximum atomic E-state index is 13.6. The molecule has 1 fully saturated rings. The van der Waals surface area contributed by atoms with Crippen molar-refractivity contribution in [3.63, 3.8) is 0 Å². The molecule has 2 aromatic carbocycles. The Morgan fingerprint density at radius 3 is 2.33 bits per heavy atom. The average molecular weight is 391 g/mol. The van der Waals surface area contributed by atoms with E-state index in [4.69, 9.17) is 5.73 Å². The summed E-state index contributed by atoms with van der Waals surface area (Å²) >= 11 is 3.22. The van der Waals surface area contributed by atoms with Gasteiger partial charge in [-0.25, -0.2) is 4.39 Å². The summed E-state index contributed by atoms with van der Waals surface area (Å²) in [7, 11) is 0. The molecule has 0 unspecified atom stereocenters. The Hall–Kier alpha value is -2.21. The molecule has 0 atom stereocenters. The van der Waals surface area contributed by atoms with Crippen molar-refractivity contribution in [1.82, 2.24) is 4.90 Å². The third-order valence-electron chi connectivity index (χ3n) is 3.95. The maximum Gasteiger partial charge on any atom is 0.254 e. The molecular weight excluding hydrogens is 375 g/mol. The van der Waals surface area contributed by atoms with Crippen LogP contribution in [-0.4, -0.2) is 22.8 Å². The number of halogens is 2. The molecule has 0 bridgehead atoms. The van der Waals surface area contributed by atoms with Crippen molar-refractivity contribution in [3.05, 3.63) is 69.4 Å². The molecule has 24 heavy (non-hydrogen) atoms. The van der Waals surface area contributed by atoms with Crippen LogP contribution in [0.4, 0.5) is 4.39 Å². The minimum absolute atomic E-state index is 0.176. The van der Waals surface area contributed by atoms with Gasteiger partial charge in [0.05, 0.1) is 0 Å². The molecule has 1 saturated carbocycles. The van der Waals surface area contributed by atoms with Gasteiger partial charge in [-0.2, -0.15) is 0 Å². The van der Waals surface area contributed by atoms with E-state index in [1.807, 2.05) is 0 Å². The number of rotatable bonds is 5. The van der Waals surface area contributed by atoms with Crippen LogP contribution in [0.15, 0.2) is 46.9 Å². The third-order valence-corrected chi connectivity index (χ3v) is 4.41. The van der Waals surface area contributed by atoms with Crippen LogP contribution in [-0.2, 0) is 6.54 Å². The molecule has 1 aliphatic rings. The second kappa shape index (κ2) is 6.73. The van der Waals surface area contributed by atoms with E-state index < -0.39 is 11.7 Å². The van der Waals surface area contributed by atoms with Crippen LogP contribution < -0.4 is 5.73 Å². The molecule has 6 heteroatoms. The fourth-order valence-corrected chi connectivity index (χ4v) is 3.03. The van der Waals surface area contributed by atoms with Gasteiger partial charge in [0, 0.05) is 28.2 Å². The van der Waals surface area contributed by atoms with Crippen LogP contribution in [0.25, 0.3) is 0 Å². The van der Waals surface area contributed by atoms with Crippen LogP contribution in [0.1, 0.15) is 39.1 Å². The lowest BCUT2D eigenvalue weighted by molar-refractivity contribution is 0.0729. The molecule has 3 rings (SSSR count). The van der Waals surface area contributed by atoms with Gasteiger partial charge in [0.15, 0.2) is 0 Å². The monoisotopic (exact) mass is 390 g/mol. The highest BCUT2D eigenvalue weighted by Crippen LogP contribution is 2.30. The van der Waals surface area contributed by atoms with Crippen molar-refractivity contribution in [1.29, 1.82) is 0 Å². The summed E-state index contributed by atoms with van der Waals surface area (Å²) in [5.41, 5.74) is 6.88. The molecule has 124 valence electrons. The Balaban J connectivity index is 1.82. The van der Waals surface area contributed by atoms with Gasteiger partial charge in [-0.05, 0) is 48.7 Å². The highest BCUT2D eigenvalue weighted by molar-refractivity contribution is 9.10. The van der Waals surface area contributed by atoms with E-state index in [0.29, 0.717) is 22.1 Å². The molecule has 2 amide bonds. The second-order valence-corrected chi connectivity index (χ2v) is 6.80. The summed E-state index contributed by atoms with van der Waals surface area (Å²) in [6.45, 7) is 0.413. The van der Waals surface area contributed by atoms with E-state index in [0.717, 1.165) is 18.4 Å². The number of hydrogen-bond acceptors (Lipinski definition) is 2. The zero-order valence-corrected chi connectivity index (χ0v) is 14.4. The van der Waals surface area contributed by atoms with E-state index in [1.54, 1.807) is 35.2 Å². The Morgan fingerprint density at radius 1 is 1.12 bits per heavy atom. The lowest BCUT2D eigenvalue weighted by Gasteiger charge is -2.23. The Kier molecular flexibility index (Phi) is 4.66. The Bertz CT molecular complexity index is 768. The van der Waals surface area contributed by atoms with E-state index in [1.165, 1.54) is 12.1 Å². The first-order chi connectivity index (χ1) is 11.4. The minimum Gasteiger partial charge on any atom is -0.366 e. The van der Waals surface area contributed by atoms with Gasteiger partial charge in [-0.1, -0.05) is 28.1 Å². The molecule has 1 aliphatic carbocycles. The predicted molar refractivity (Wildman–Crippen MR) is 92.0 cm³/mol. The molecule has 2 aromatic rings. The zero-order chi connectivity index (χ0) is 17.3. The molecule has 0 heterocycles. The number of amides is 2. The van der Waals surface area contributed by atoms with Crippen LogP contribution in [0.5, 0.6) is 0 Å². The fourth-order valence-electron chi connectivity index (χ4n) is 2.57. The number of primary amides is 1. The lowest BCUT2D eigenvalue weighted by Crippen LogP contribution is -2.32. The van der Waals surface area contributed by atoms with Gasteiger partial charge < -0.3 is 10.6 Å². The van der Waals surface area contributed by atoms with Crippen molar-refractivity contribution >= 4 is 27.7 Å². The average Bonchev–Trinajstić information content (AvgIpc) is 3.36. The topological polar surface area (TPSA) is 63.4 Å². The van der Waals surface area contributed by atoms with E-state index in [-0.39, 0.29) is 11.9 Å². The van der Waals surface area contributed by atoms with E-state index in [2.05, 4.69) is 15.9 Å². The van der Waals surface area contributed by atoms with Gasteiger partial charge in [0.1, 0.15) is 5.82 Å². The van der Waals surface area contributed by atoms with Crippen molar-refractivity contribution in [2.75, 3.05) is 0 Å². The summed E-state index contributed by atoms with van der Waals surface area (Å²) in [5, 5.41) is 0. The highest BCUT2D eigenvalue weighted by atomic mass is 79.9. The molecule has 0 aliphatic heterocycles.